The van der Waals surface area contributed by atoms with Crippen molar-refractivity contribution in [2.45, 2.75) is 24.5 Å². The van der Waals surface area contributed by atoms with Crippen molar-refractivity contribution in [1.29, 1.82) is 0 Å². The normalized spacial score (nSPS) is 24.0. The van der Waals surface area contributed by atoms with Crippen LogP contribution in [0.4, 0.5) is 0 Å². The van der Waals surface area contributed by atoms with Gasteiger partial charge in [0, 0.05) is 33.2 Å². The number of nitrogens with zero attached hydrogens (tertiary/aromatic N) is 1. The second kappa shape index (κ2) is 5.33. The van der Waals surface area contributed by atoms with E-state index in [1.54, 1.807) is 11.3 Å². The Kier molecular flexibility index (Phi) is 3.57. The fourth-order valence-electron chi connectivity index (χ4n) is 2.27. The van der Waals surface area contributed by atoms with E-state index in [2.05, 4.69) is 17.1 Å². The topological polar surface area (TPSA) is 30.0 Å². The molecule has 1 aromatic carbocycles. The van der Waals surface area contributed by atoms with Gasteiger partial charge in [0.2, 0.25) is 0 Å². The highest BCUT2D eigenvalue weighted by atomic mass is 32.2. The molecule has 1 fully saturated rings. The Hall–Kier alpha value is -1.00. The predicted octanol–water partition coefficient (Wildman–Crippen LogP) is 3.78. The van der Waals surface area contributed by atoms with E-state index in [1.807, 2.05) is 24.4 Å². The van der Waals surface area contributed by atoms with Crippen LogP contribution in [0.25, 0.3) is 10.6 Å². The Morgan fingerprint density at radius 2 is 2.06 bits per heavy atom. The van der Waals surface area contributed by atoms with Crippen LogP contribution in [0.15, 0.2) is 36.5 Å². The Morgan fingerprint density at radius 1 is 1.22 bits per heavy atom. The van der Waals surface area contributed by atoms with Crippen LogP contribution >= 0.6 is 11.3 Å². The first-order chi connectivity index (χ1) is 8.84. The van der Waals surface area contributed by atoms with Gasteiger partial charge in [-0.25, -0.2) is 4.98 Å². The van der Waals surface area contributed by atoms with Crippen molar-refractivity contribution in [3.05, 3.63) is 41.4 Å². The molecule has 3 rings (SSSR count). The van der Waals surface area contributed by atoms with Gasteiger partial charge in [-0.15, -0.1) is 11.3 Å². The molecule has 1 aliphatic rings. The summed E-state index contributed by atoms with van der Waals surface area (Å²) >= 11 is 1.69. The molecule has 18 heavy (non-hydrogen) atoms. The van der Waals surface area contributed by atoms with Crippen LogP contribution in [0.2, 0.25) is 0 Å². The zero-order chi connectivity index (χ0) is 12.4. The summed E-state index contributed by atoms with van der Waals surface area (Å²) in [6.45, 7) is 0. The second-order valence-corrected chi connectivity index (χ2v) is 7.30. The van der Waals surface area contributed by atoms with E-state index in [4.69, 9.17) is 0 Å². The van der Waals surface area contributed by atoms with Gasteiger partial charge in [0.1, 0.15) is 5.01 Å². The van der Waals surface area contributed by atoms with Crippen LogP contribution in [-0.4, -0.2) is 14.9 Å². The highest BCUT2D eigenvalue weighted by Crippen LogP contribution is 2.36. The van der Waals surface area contributed by atoms with E-state index >= 15 is 0 Å². The van der Waals surface area contributed by atoms with Crippen LogP contribution in [-0.2, 0) is 10.8 Å². The summed E-state index contributed by atoms with van der Waals surface area (Å²) in [6, 6.07) is 10.2. The minimum Gasteiger partial charge on any atom is -0.259 e. The first kappa shape index (κ1) is 12.1. The van der Waals surface area contributed by atoms with Crippen LogP contribution in [0, 0.1) is 0 Å². The summed E-state index contributed by atoms with van der Waals surface area (Å²) in [5, 5.41) is 1.25. The van der Waals surface area contributed by atoms with Crippen molar-refractivity contribution in [2.75, 3.05) is 5.75 Å². The molecule has 2 aromatic rings. The zero-order valence-electron chi connectivity index (χ0n) is 10.0. The lowest BCUT2D eigenvalue weighted by Crippen LogP contribution is -2.14. The molecule has 0 amide bonds. The summed E-state index contributed by atoms with van der Waals surface area (Å²) in [7, 11) is -0.702. The molecule has 0 spiro atoms. The molecule has 1 saturated heterocycles. The van der Waals surface area contributed by atoms with E-state index in [9.17, 15) is 4.21 Å². The van der Waals surface area contributed by atoms with E-state index < -0.39 is 10.8 Å². The van der Waals surface area contributed by atoms with Crippen LogP contribution < -0.4 is 0 Å². The minimum absolute atomic E-state index is 0.216. The van der Waals surface area contributed by atoms with E-state index in [-0.39, 0.29) is 5.25 Å². The SMILES string of the molecule is O=S1CCCCC1c1cnc(-c2ccccc2)s1. The molecule has 1 aliphatic heterocycles. The number of thiazole rings is 1. The quantitative estimate of drug-likeness (QED) is 0.836. The maximum Gasteiger partial charge on any atom is 0.123 e. The van der Waals surface area contributed by atoms with E-state index in [0.29, 0.717) is 0 Å². The van der Waals surface area contributed by atoms with Gasteiger partial charge in [0.25, 0.3) is 0 Å². The smallest absolute Gasteiger partial charge is 0.123 e. The fourth-order valence-corrected chi connectivity index (χ4v) is 5.20. The largest absolute Gasteiger partial charge is 0.259 e. The standard InChI is InChI=1S/C14H15NOS2/c16-18-9-5-4-8-13(18)12-10-15-14(17-12)11-6-2-1-3-7-11/h1-3,6-7,10,13H,4-5,8-9H2. The minimum atomic E-state index is -0.702. The average molecular weight is 277 g/mol. The third kappa shape index (κ3) is 2.40. The van der Waals surface area contributed by atoms with Gasteiger partial charge < -0.3 is 0 Å². The Balaban J connectivity index is 1.87. The van der Waals surface area contributed by atoms with E-state index in [1.165, 1.54) is 11.3 Å². The summed E-state index contributed by atoms with van der Waals surface area (Å²) in [5.74, 6) is 0.850. The zero-order valence-corrected chi connectivity index (χ0v) is 11.7. The van der Waals surface area contributed by atoms with E-state index in [0.717, 1.165) is 29.2 Å². The van der Waals surface area contributed by atoms with Gasteiger partial charge in [0.05, 0.1) is 5.25 Å². The monoisotopic (exact) mass is 277 g/mol. The molecule has 1 aromatic heterocycles. The lowest BCUT2D eigenvalue weighted by molar-refractivity contribution is 0.622. The lowest BCUT2D eigenvalue weighted by Gasteiger charge is -2.19. The average Bonchev–Trinajstić information content (AvgIpc) is 2.90. The number of hydrogen-bond donors (Lipinski definition) is 0. The number of aromatic nitrogens is 1. The van der Waals surface area contributed by atoms with Crippen LogP contribution in [0.1, 0.15) is 29.4 Å². The van der Waals surface area contributed by atoms with Crippen LogP contribution in [0.3, 0.4) is 0 Å². The van der Waals surface area contributed by atoms with Crippen molar-refractivity contribution in [3.8, 4) is 10.6 Å². The summed E-state index contributed by atoms with van der Waals surface area (Å²) < 4.78 is 12.0. The molecule has 4 heteroatoms. The molecule has 0 saturated carbocycles. The van der Waals surface area contributed by atoms with Crippen molar-refractivity contribution >= 4 is 22.1 Å². The molecule has 0 aliphatic carbocycles. The van der Waals surface area contributed by atoms with Crippen LogP contribution in [0.5, 0.6) is 0 Å². The lowest BCUT2D eigenvalue weighted by atomic mass is 10.2. The molecule has 2 nitrogen and oxygen atoms in total. The Bertz CT molecular complexity index is 550. The van der Waals surface area contributed by atoms with Gasteiger partial charge in [-0.2, -0.15) is 0 Å². The second-order valence-electron chi connectivity index (χ2n) is 4.50. The van der Waals surface area contributed by atoms with Crippen molar-refractivity contribution in [3.63, 3.8) is 0 Å². The molecule has 2 atom stereocenters. The third-order valence-electron chi connectivity index (χ3n) is 3.24. The number of benzene rings is 1. The number of rotatable bonds is 2. The molecule has 0 bridgehead atoms. The summed E-state index contributed by atoms with van der Waals surface area (Å²) in [6.07, 6.45) is 5.26. The predicted molar refractivity (Wildman–Crippen MR) is 77.2 cm³/mol. The third-order valence-corrected chi connectivity index (χ3v) is 6.37. The maximum atomic E-state index is 12.0. The van der Waals surface area contributed by atoms with Crippen molar-refractivity contribution in [1.82, 2.24) is 4.98 Å². The highest BCUT2D eigenvalue weighted by Gasteiger charge is 2.24. The Labute approximate surface area is 114 Å². The van der Waals surface area contributed by atoms with Gasteiger partial charge in [-0.3, -0.25) is 4.21 Å². The van der Waals surface area contributed by atoms with Crippen molar-refractivity contribution < 1.29 is 4.21 Å². The van der Waals surface area contributed by atoms with Gasteiger partial charge in [-0.05, 0) is 12.8 Å². The first-order valence-corrected chi connectivity index (χ1v) is 8.43. The van der Waals surface area contributed by atoms with Gasteiger partial charge in [0.15, 0.2) is 0 Å². The van der Waals surface area contributed by atoms with Gasteiger partial charge in [-0.1, -0.05) is 36.8 Å². The molecule has 0 N–H and O–H groups in total. The molecule has 2 heterocycles. The number of hydrogen-bond acceptors (Lipinski definition) is 3. The Morgan fingerprint density at radius 3 is 2.83 bits per heavy atom. The summed E-state index contributed by atoms with van der Waals surface area (Å²) in [4.78, 5) is 5.67. The summed E-state index contributed by atoms with van der Waals surface area (Å²) in [5.41, 5.74) is 1.15. The van der Waals surface area contributed by atoms with Gasteiger partial charge >= 0.3 is 0 Å². The maximum absolute atomic E-state index is 12.0. The van der Waals surface area contributed by atoms with Crippen molar-refractivity contribution in [2.24, 2.45) is 0 Å². The molecule has 0 radical (unpaired) electrons. The fraction of sp³-hybridized carbons (Fsp3) is 0.357. The first-order valence-electron chi connectivity index (χ1n) is 6.23. The highest BCUT2D eigenvalue weighted by molar-refractivity contribution is 7.85. The molecule has 94 valence electrons. The molecular weight excluding hydrogens is 262 g/mol. The molecular formula is C14H15NOS2. The molecule has 2 unspecified atom stereocenters.